The Balaban J connectivity index is 1.85. The number of hydrazine groups is 1. The summed E-state index contributed by atoms with van der Waals surface area (Å²) in [4.78, 5) is 12.0. The molecule has 0 aromatic heterocycles. The second-order valence-electron chi connectivity index (χ2n) is 5.02. The fraction of sp³-hybridized carbons (Fsp3) is 0.500. The zero-order valence-corrected chi connectivity index (χ0v) is 13.0. The van der Waals surface area contributed by atoms with E-state index in [4.69, 9.17) is 0 Å². The van der Waals surface area contributed by atoms with Crippen molar-refractivity contribution in [3.8, 4) is 0 Å². The maximum atomic E-state index is 13.2. The third kappa shape index (κ3) is 4.01. The highest BCUT2D eigenvalue weighted by molar-refractivity contribution is 9.10. The van der Waals surface area contributed by atoms with E-state index < -0.39 is 0 Å². The minimum Gasteiger partial charge on any atom is -0.351 e. The molecule has 1 heterocycles. The number of hydrogen-bond acceptors (Lipinski definition) is 3. The van der Waals surface area contributed by atoms with Gasteiger partial charge in [-0.25, -0.2) is 9.82 Å². The first-order valence-corrected chi connectivity index (χ1v) is 7.62. The van der Waals surface area contributed by atoms with Crippen LogP contribution < -0.4 is 16.2 Å². The van der Waals surface area contributed by atoms with Crippen LogP contribution in [0.15, 0.2) is 22.7 Å². The molecule has 1 fully saturated rings. The van der Waals surface area contributed by atoms with E-state index in [0.717, 1.165) is 29.3 Å². The molecule has 0 radical (unpaired) electrons. The lowest BCUT2D eigenvalue weighted by molar-refractivity contribution is -0.123. The van der Waals surface area contributed by atoms with Crippen molar-refractivity contribution in [2.45, 2.75) is 44.8 Å². The molecule has 1 aromatic rings. The van der Waals surface area contributed by atoms with Gasteiger partial charge in [0.05, 0.1) is 0 Å². The van der Waals surface area contributed by atoms with Crippen LogP contribution in [0.2, 0.25) is 0 Å². The van der Waals surface area contributed by atoms with Gasteiger partial charge in [-0.05, 0) is 36.6 Å². The van der Waals surface area contributed by atoms with E-state index in [1.54, 1.807) is 6.07 Å². The Kier molecular flexibility index (Phi) is 5.51. The monoisotopic (exact) mass is 343 g/mol. The highest BCUT2D eigenvalue weighted by atomic mass is 79.9. The number of carbonyl (C=O) groups is 1. The molecule has 0 saturated carbocycles. The largest absolute Gasteiger partial charge is 0.351 e. The first-order valence-electron chi connectivity index (χ1n) is 6.83. The average Bonchev–Trinajstić information content (AvgIpc) is 2.88. The van der Waals surface area contributed by atoms with Crippen LogP contribution in [0.25, 0.3) is 0 Å². The van der Waals surface area contributed by atoms with E-state index in [1.165, 1.54) is 12.1 Å². The van der Waals surface area contributed by atoms with Gasteiger partial charge in [0, 0.05) is 17.1 Å². The van der Waals surface area contributed by atoms with E-state index in [2.05, 4.69) is 39.0 Å². The van der Waals surface area contributed by atoms with Crippen molar-refractivity contribution in [1.82, 2.24) is 16.2 Å². The number of nitrogens with one attached hydrogen (secondary N) is 3. The molecule has 1 amide bonds. The molecule has 2 atom stereocenters. The van der Waals surface area contributed by atoms with Crippen LogP contribution in [0.5, 0.6) is 0 Å². The second-order valence-corrected chi connectivity index (χ2v) is 5.87. The van der Waals surface area contributed by atoms with Crippen LogP contribution in [-0.2, 0) is 11.3 Å². The lowest BCUT2D eigenvalue weighted by Crippen LogP contribution is -2.43. The minimum atomic E-state index is -0.305. The van der Waals surface area contributed by atoms with Crippen molar-refractivity contribution in [2.75, 3.05) is 0 Å². The smallest absolute Gasteiger partial charge is 0.238 e. The molecule has 1 aliphatic heterocycles. The third-order valence-electron chi connectivity index (χ3n) is 3.40. The van der Waals surface area contributed by atoms with Gasteiger partial charge in [-0.1, -0.05) is 29.3 Å². The normalized spacial score (nSPS) is 21.9. The number of rotatable bonds is 5. The molecule has 3 N–H and O–H groups in total. The topological polar surface area (TPSA) is 53.2 Å². The predicted molar refractivity (Wildman–Crippen MR) is 79.3 cm³/mol. The molecule has 1 aromatic carbocycles. The van der Waals surface area contributed by atoms with Gasteiger partial charge in [0.1, 0.15) is 11.9 Å². The van der Waals surface area contributed by atoms with Crippen molar-refractivity contribution in [1.29, 1.82) is 0 Å². The molecule has 2 unspecified atom stereocenters. The SMILES string of the molecule is CCCC1CC(C(=O)NCc2cc(F)ccc2Br)NN1. The van der Waals surface area contributed by atoms with Gasteiger partial charge >= 0.3 is 0 Å². The van der Waals surface area contributed by atoms with Crippen LogP contribution >= 0.6 is 15.9 Å². The highest BCUT2D eigenvalue weighted by Gasteiger charge is 2.28. The molecule has 1 aliphatic rings. The third-order valence-corrected chi connectivity index (χ3v) is 4.17. The van der Waals surface area contributed by atoms with Crippen molar-refractivity contribution >= 4 is 21.8 Å². The Hall–Kier alpha value is -0.980. The molecule has 1 saturated heterocycles. The second kappa shape index (κ2) is 7.15. The summed E-state index contributed by atoms with van der Waals surface area (Å²) in [7, 11) is 0. The summed E-state index contributed by atoms with van der Waals surface area (Å²) >= 11 is 3.35. The van der Waals surface area contributed by atoms with E-state index >= 15 is 0 Å². The molecule has 6 heteroatoms. The van der Waals surface area contributed by atoms with Gasteiger partial charge in [-0.3, -0.25) is 10.2 Å². The average molecular weight is 344 g/mol. The summed E-state index contributed by atoms with van der Waals surface area (Å²) in [6.07, 6.45) is 2.92. The first kappa shape index (κ1) is 15.4. The lowest BCUT2D eigenvalue weighted by Gasteiger charge is -2.11. The number of carbonyl (C=O) groups excluding carboxylic acids is 1. The van der Waals surface area contributed by atoms with Crippen molar-refractivity contribution < 1.29 is 9.18 Å². The molecule has 0 spiro atoms. The molecular weight excluding hydrogens is 325 g/mol. The van der Waals surface area contributed by atoms with Gasteiger partial charge in [-0.15, -0.1) is 0 Å². The zero-order chi connectivity index (χ0) is 14.5. The molecule has 0 aliphatic carbocycles. The lowest BCUT2D eigenvalue weighted by atomic mass is 10.1. The summed E-state index contributed by atoms with van der Waals surface area (Å²) in [5.41, 5.74) is 6.86. The number of benzene rings is 1. The molecule has 110 valence electrons. The van der Waals surface area contributed by atoms with Crippen molar-refractivity contribution in [3.05, 3.63) is 34.1 Å². The van der Waals surface area contributed by atoms with Crippen molar-refractivity contribution in [2.24, 2.45) is 0 Å². The Morgan fingerprint density at radius 2 is 2.30 bits per heavy atom. The number of halogens is 2. The predicted octanol–water partition coefficient (Wildman–Crippen LogP) is 2.24. The summed E-state index contributed by atoms with van der Waals surface area (Å²) in [5.74, 6) is -0.367. The Morgan fingerprint density at radius 3 is 3.05 bits per heavy atom. The first-order chi connectivity index (χ1) is 9.60. The summed E-state index contributed by atoms with van der Waals surface area (Å²) < 4.78 is 13.9. The maximum Gasteiger partial charge on any atom is 0.238 e. The van der Waals surface area contributed by atoms with Gasteiger partial charge < -0.3 is 5.32 Å². The molecule has 2 rings (SSSR count). The van der Waals surface area contributed by atoms with Gasteiger partial charge in [0.25, 0.3) is 0 Å². The van der Waals surface area contributed by atoms with Crippen LogP contribution in [0.4, 0.5) is 4.39 Å². The Labute approximate surface area is 126 Å². The standard InChI is InChI=1S/C14H19BrFN3O/c1-2-3-11-7-13(19-18-11)14(20)17-8-9-6-10(16)4-5-12(9)15/h4-6,11,13,18-19H,2-3,7-8H2,1H3,(H,17,20). The van der Waals surface area contributed by atoms with Crippen molar-refractivity contribution in [3.63, 3.8) is 0 Å². The number of amides is 1. The van der Waals surface area contributed by atoms with Gasteiger partial charge in [0.15, 0.2) is 0 Å². The fourth-order valence-corrected chi connectivity index (χ4v) is 2.70. The molecule has 4 nitrogen and oxygen atoms in total. The van der Waals surface area contributed by atoms with E-state index in [0.29, 0.717) is 12.6 Å². The van der Waals surface area contributed by atoms with Crippen LogP contribution in [0, 0.1) is 5.82 Å². The van der Waals surface area contributed by atoms with Crippen LogP contribution in [-0.4, -0.2) is 18.0 Å². The van der Waals surface area contributed by atoms with Gasteiger partial charge in [-0.2, -0.15) is 0 Å². The summed E-state index contributed by atoms with van der Waals surface area (Å²) in [5, 5.41) is 2.83. The number of hydrogen-bond donors (Lipinski definition) is 3. The van der Waals surface area contributed by atoms with E-state index in [-0.39, 0.29) is 17.8 Å². The molecular formula is C14H19BrFN3O. The zero-order valence-electron chi connectivity index (χ0n) is 11.4. The van der Waals surface area contributed by atoms with Gasteiger partial charge in [0.2, 0.25) is 5.91 Å². The Morgan fingerprint density at radius 1 is 1.50 bits per heavy atom. The molecule has 20 heavy (non-hydrogen) atoms. The highest BCUT2D eigenvalue weighted by Crippen LogP contribution is 2.18. The quantitative estimate of drug-likeness (QED) is 0.768. The summed E-state index contributed by atoms with van der Waals surface area (Å²) in [6.45, 7) is 2.43. The van der Waals surface area contributed by atoms with Crippen LogP contribution in [0.1, 0.15) is 31.7 Å². The maximum absolute atomic E-state index is 13.2. The van der Waals surface area contributed by atoms with E-state index in [9.17, 15) is 9.18 Å². The Bertz CT molecular complexity index is 483. The summed E-state index contributed by atoms with van der Waals surface area (Å²) in [6, 6.07) is 4.57. The fourth-order valence-electron chi connectivity index (χ4n) is 2.32. The van der Waals surface area contributed by atoms with Crippen LogP contribution in [0.3, 0.4) is 0 Å². The molecule has 0 bridgehead atoms. The minimum absolute atomic E-state index is 0.0627. The van der Waals surface area contributed by atoms with E-state index in [1.807, 2.05) is 0 Å².